The molecule has 1 fully saturated rings. The van der Waals surface area contributed by atoms with Crippen molar-refractivity contribution in [3.05, 3.63) is 86.7 Å². The van der Waals surface area contributed by atoms with Gasteiger partial charge in [-0.3, -0.25) is 14.3 Å². The summed E-state index contributed by atoms with van der Waals surface area (Å²) < 4.78 is 28.0. The van der Waals surface area contributed by atoms with Crippen LogP contribution >= 0.6 is 8.53 Å². The fourth-order valence-electron chi connectivity index (χ4n) is 5.18. The van der Waals surface area contributed by atoms with E-state index in [1.807, 2.05) is 71.0 Å². The number of nitriles is 1. The lowest BCUT2D eigenvalue weighted by Crippen LogP contribution is -2.36. The first-order valence-corrected chi connectivity index (χ1v) is 17.2. The van der Waals surface area contributed by atoms with Crippen LogP contribution in [0.25, 0.3) is 0 Å². The highest BCUT2D eigenvalue weighted by Gasteiger charge is 2.42. The van der Waals surface area contributed by atoms with Crippen LogP contribution in [0.5, 0.6) is 0 Å². The van der Waals surface area contributed by atoms with E-state index in [0.29, 0.717) is 22.5 Å². The second-order valence-electron chi connectivity index (χ2n) is 12.3. The zero-order chi connectivity index (χ0) is 35.7. The molecule has 1 aliphatic heterocycles. The number of benzene rings is 2. The van der Waals surface area contributed by atoms with Gasteiger partial charge in [-0.2, -0.15) is 15.5 Å². The molecule has 0 aliphatic carbocycles. The number of aromatic amines is 1. The van der Waals surface area contributed by atoms with Crippen LogP contribution in [0.2, 0.25) is 0 Å². The molecule has 1 unspecified atom stereocenters. The van der Waals surface area contributed by atoms with Crippen molar-refractivity contribution in [2.24, 2.45) is 10.2 Å². The van der Waals surface area contributed by atoms with E-state index in [-0.39, 0.29) is 38.1 Å². The molecule has 1 N–H and O–H groups in total. The molecule has 2 aromatic carbocycles. The molecule has 0 amide bonds. The van der Waals surface area contributed by atoms with Gasteiger partial charge in [-0.1, -0.05) is 0 Å². The minimum absolute atomic E-state index is 0.0539. The third-order valence-electron chi connectivity index (χ3n) is 7.65. The molecule has 49 heavy (non-hydrogen) atoms. The van der Waals surface area contributed by atoms with Gasteiger partial charge in [-0.15, -0.1) is 0 Å². The van der Waals surface area contributed by atoms with Gasteiger partial charge in [-0.25, -0.2) is 14.3 Å². The van der Waals surface area contributed by atoms with Crippen LogP contribution < -0.4 is 16.1 Å². The SMILES string of the molecule is Cc1cn([C@H]2C[C@H](OP(OCCC#N)N(C(C)C)C(C)C)[C@@H](COC(=O)c3ccc(N=Nc4ccc(N(C)C)cc4)cc3)O2)c(=O)[nH]c1=O. The number of aromatic nitrogens is 2. The first-order valence-electron chi connectivity index (χ1n) is 16.1. The molecule has 4 atom stereocenters. The molecule has 262 valence electrons. The van der Waals surface area contributed by atoms with Gasteiger partial charge in [0.05, 0.1) is 42.1 Å². The molecule has 4 rings (SSSR count). The maximum atomic E-state index is 13.1. The van der Waals surface area contributed by atoms with Gasteiger partial charge >= 0.3 is 11.7 Å². The molecule has 3 aromatic rings. The fourth-order valence-corrected chi connectivity index (χ4v) is 6.94. The van der Waals surface area contributed by atoms with Crippen molar-refractivity contribution in [3.63, 3.8) is 0 Å². The van der Waals surface area contributed by atoms with E-state index in [4.69, 9.17) is 23.8 Å². The number of rotatable bonds is 15. The fraction of sp³-hybridized carbons (Fsp3) is 0.471. The van der Waals surface area contributed by atoms with E-state index in [9.17, 15) is 14.4 Å². The highest BCUT2D eigenvalue weighted by atomic mass is 31.2. The summed E-state index contributed by atoms with van der Waals surface area (Å²) in [5.41, 5.74) is 1.85. The topological polar surface area (TPSA) is 164 Å². The van der Waals surface area contributed by atoms with Crippen LogP contribution in [-0.2, 0) is 18.5 Å². The number of azo groups is 1. The standard InChI is InChI=1S/C34H44N7O7P/c1-22(2)41(23(3)4)49(46-18-8-17-35)48-29-19-31(40-20-24(5)32(42)36-34(40)44)47-30(29)21-45-33(43)25-9-11-26(12-10-25)37-38-27-13-15-28(16-14-27)39(6)7/h9-16,20,22-23,29-31H,8,18-19,21H2,1-7H3,(H,36,42,44)/t29-,30+,31+,49?/m0/s1. The van der Waals surface area contributed by atoms with Crippen molar-refractivity contribution < 1.29 is 23.3 Å². The minimum atomic E-state index is -1.66. The van der Waals surface area contributed by atoms with Crippen molar-refractivity contribution in [1.82, 2.24) is 14.2 Å². The zero-order valence-electron chi connectivity index (χ0n) is 28.9. The number of hydrogen-bond donors (Lipinski definition) is 1. The van der Waals surface area contributed by atoms with Gasteiger partial charge < -0.3 is 23.4 Å². The zero-order valence-corrected chi connectivity index (χ0v) is 29.8. The average Bonchev–Trinajstić information content (AvgIpc) is 3.46. The minimum Gasteiger partial charge on any atom is -0.459 e. The normalized spacial score (nSPS) is 18.3. The monoisotopic (exact) mass is 693 g/mol. The smallest absolute Gasteiger partial charge is 0.338 e. The summed E-state index contributed by atoms with van der Waals surface area (Å²) in [6.07, 6.45) is -0.382. The van der Waals surface area contributed by atoms with E-state index in [0.717, 1.165) is 5.69 Å². The molecule has 0 spiro atoms. The number of H-pyrrole nitrogens is 1. The van der Waals surface area contributed by atoms with Gasteiger partial charge in [0.15, 0.2) is 0 Å². The Bertz CT molecular complexity index is 1730. The summed E-state index contributed by atoms with van der Waals surface area (Å²) in [4.78, 5) is 42.2. The quantitative estimate of drug-likeness (QED) is 0.0847. The van der Waals surface area contributed by atoms with Crippen molar-refractivity contribution in [2.45, 2.75) is 78.0 Å². The first-order chi connectivity index (χ1) is 23.4. The Balaban J connectivity index is 1.49. The summed E-state index contributed by atoms with van der Waals surface area (Å²) in [5, 5.41) is 17.6. The second kappa shape index (κ2) is 17.4. The maximum Gasteiger partial charge on any atom is 0.338 e. The number of ether oxygens (including phenoxy) is 2. The van der Waals surface area contributed by atoms with Crippen LogP contribution in [0.1, 0.15) is 62.7 Å². The highest BCUT2D eigenvalue weighted by molar-refractivity contribution is 7.44. The molecule has 15 heteroatoms. The molecule has 1 aromatic heterocycles. The van der Waals surface area contributed by atoms with Gasteiger partial charge in [0.1, 0.15) is 18.9 Å². The van der Waals surface area contributed by atoms with Crippen molar-refractivity contribution in [1.29, 1.82) is 5.26 Å². The average molecular weight is 694 g/mol. The molecular weight excluding hydrogens is 649 g/mol. The third kappa shape index (κ3) is 10.1. The van der Waals surface area contributed by atoms with Crippen LogP contribution in [0, 0.1) is 18.3 Å². The van der Waals surface area contributed by atoms with Gasteiger partial charge in [0.2, 0.25) is 0 Å². The summed E-state index contributed by atoms with van der Waals surface area (Å²) in [6.45, 7) is 9.69. The second-order valence-corrected chi connectivity index (χ2v) is 13.7. The molecule has 0 radical (unpaired) electrons. The number of hydrogen-bond acceptors (Lipinski definition) is 12. The molecule has 0 saturated carbocycles. The third-order valence-corrected chi connectivity index (χ3v) is 9.81. The Kier molecular flexibility index (Phi) is 13.4. The summed E-state index contributed by atoms with van der Waals surface area (Å²) in [7, 11) is 2.26. The van der Waals surface area contributed by atoms with Crippen LogP contribution in [-0.4, -0.2) is 71.8 Å². The summed E-state index contributed by atoms with van der Waals surface area (Å²) >= 11 is 0. The number of esters is 1. The van der Waals surface area contributed by atoms with Gasteiger partial charge in [-0.05, 0) is 83.1 Å². The molecule has 1 aliphatic rings. The van der Waals surface area contributed by atoms with Crippen LogP contribution in [0.4, 0.5) is 17.1 Å². The van der Waals surface area contributed by atoms with E-state index in [2.05, 4.69) is 26.0 Å². The molecular formula is C34H44N7O7P. The van der Waals surface area contributed by atoms with Crippen LogP contribution in [0.15, 0.2) is 74.5 Å². The Morgan fingerprint density at radius 2 is 1.67 bits per heavy atom. The van der Waals surface area contributed by atoms with Crippen molar-refractivity contribution in [3.8, 4) is 6.07 Å². The lowest BCUT2D eigenvalue weighted by atomic mass is 10.2. The highest BCUT2D eigenvalue weighted by Crippen LogP contribution is 2.50. The number of nitrogens with zero attached hydrogens (tertiary/aromatic N) is 6. The van der Waals surface area contributed by atoms with E-state index in [1.54, 1.807) is 31.2 Å². The number of aryl methyl sites for hydroxylation is 1. The first kappa shape index (κ1) is 37.6. The van der Waals surface area contributed by atoms with Crippen molar-refractivity contribution >= 4 is 31.6 Å². The number of carbonyl (C=O) groups is 1. The summed E-state index contributed by atoms with van der Waals surface area (Å²) in [5.74, 6) is -0.580. The molecule has 14 nitrogen and oxygen atoms in total. The lowest BCUT2D eigenvalue weighted by Gasteiger charge is -2.37. The molecule has 2 heterocycles. The van der Waals surface area contributed by atoms with E-state index in [1.165, 1.54) is 10.8 Å². The lowest BCUT2D eigenvalue weighted by molar-refractivity contribution is -0.0513. The molecule has 0 bridgehead atoms. The Hall–Kier alpha value is -4.25. The molecule has 1 saturated heterocycles. The van der Waals surface area contributed by atoms with Crippen molar-refractivity contribution in [2.75, 3.05) is 32.2 Å². The number of carbonyl (C=O) groups excluding carboxylic acids is 1. The largest absolute Gasteiger partial charge is 0.459 e. The Labute approximate surface area is 287 Å². The Morgan fingerprint density at radius 1 is 1.06 bits per heavy atom. The van der Waals surface area contributed by atoms with E-state index >= 15 is 0 Å². The number of nitrogens with one attached hydrogen (secondary N) is 1. The summed E-state index contributed by atoms with van der Waals surface area (Å²) in [6, 6.07) is 16.4. The van der Waals surface area contributed by atoms with Gasteiger partial charge in [0, 0.05) is 50.0 Å². The predicted molar refractivity (Wildman–Crippen MR) is 186 cm³/mol. The van der Waals surface area contributed by atoms with E-state index < -0.39 is 44.2 Å². The predicted octanol–water partition coefficient (Wildman–Crippen LogP) is 6.13. The Morgan fingerprint density at radius 3 is 2.24 bits per heavy atom. The maximum absolute atomic E-state index is 13.1. The van der Waals surface area contributed by atoms with Gasteiger partial charge in [0.25, 0.3) is 14.1 Å². The number of anilines is 1. The van der Waals surface area contributed by atoms with Crippen LogP contribution in [0.3, 0.4) is 0 Å².